The van der Waals surface area contributed by atoms with Crippen LogP contribution >= 0.6 is 11.6 Å². The minimum absolute atomic E-state index is 0.00363. The second kappa shape index (κ2) is 5.61. The lowest BCUT2D eigenvalue weighted by Gasteiger charge is -2.05. The maximum atomic E-state index is 12.9. The third-order valence-corrected chi connectivity index (χ3v) is 4.07. The van der Waals surface area contributed by atoms with Gasteiger partial charge < -0.3 is 5.73 Å². The highest BCUT2D eigenvalue weighted by atomic mass is 35.5. The smallest absolute Gasteiger partial charge is 0.154 e. The molecule has 0 radical (unpaired) electrons. The summed E-state index contributed by atoms with van der Waals surface area (Å²) >= 11 is 5.78. The van der Waals surface area contributed by atoms with E-state index < -0.39 is 15.7 Å². The molecule has 0 saturated heterocycles. The lowest BCUT2D eigenvalue weighted by Crippen LogP contribution is -2.13. The molecule has 1 aromatic rings. The standard InChI is InChI=1S/C10H13ClFNO2S/c11-10-3-2-9(12)6-8(10)7-16(14,15)5-1-4-13/h2-3,6H,1,4-5,7,13H2. The van der Waals surface area contributed by atoms with Crippen LogP contribution in [-0.2, 0) is 15.6 Å². The molecule has 0 spiro atoms. The molecule has 0 aliphatic rings. The summed E-state index contributed by atoms with van der Waals surface area (Å²) in [5.41, 5.74) is 5.52. The van der Waals surface area contributed by atoms with Crippen molar-refractivity contribution < 1.29 is 12.8 Å². The van der Waals surface area contributed by atoms with E-state index in [9.17, 15) is 12.8 Å². The maximum Gasteiger partial charge on any atom is 0.154 e. The topological polar surface area (TPSA) is 60.2 Å². The Labute approximate surface area is 99.3 Å². The lowest BCUT2D eigenvalue weighted by atomic mass is 10.2. The molecule has 0 heterocycles. The highest BCUT2D eigenvalue weighted by Gasteiger charge is 2.14. The van der Waals surface area contributed by atoms with Gasteiger partial charge >= 0.3 is 0 Å². The van der Waals surface area contributed by atoms with Crippen LogP contribution in [0.5, 0.6) is 0 Å². The van der Waals surface area contributed by atoms with Crippen LogP contribution in [0.4, 0.5) is 4.39 Å². The SMILES string of the molecule is NCCCS(=O)(=O)Cc1cc(F)ccc1Cl. The minimum Gasteiger partial charge on any atom is -0.330 e. The molecule has 0 aliphatic carbocycles. The molecule has 0 bridgehead atoms. The van der Waals surface area contributed by atoms with Crippen molar-refractivity contribution in [3.63, 3.8) is 0 Å². The molecule has 0 saturated carbocycles. The zero-order valence-corrected chi connectivity index (χ0v) is 10.2. The van der Waals surface area contributed by atoms with Crippen molar-refractivity contribution in [2.24, 2.45) is 5.73 Å². The van der Waals surface area contributed by atoms with Crippen LogP contribution in [-0.4, -0.2) is 20.7 Å². The van der Waals surface area contributed by atoms with Crippen molar-refractivity contribution in [2.75, 3.05) is 12.3 Å². The average Bonchev–Trinajstić information content (AvgIpc) is 2.20. The van der Waals surface area contributed by atoms with Gasteiger partial charge in [-0.3, -0.25) is 0 Å². The average molecular weight is 266 g/mol. The molecule has 0 aliphatic heterocycles. The quantitative estimate of drug-likeness (QED) is 0.882. The molecule has 0 fully saturated rings. The van der Waals surface area contributed by atoms with E-state index in [1.54, 1.807) is 0 Å². The Morgan fingerprint density at radius 3 is 2.69 bits per heavy atom. The van der Waals surface area contributed by atoms with Gasteiger partial charge in [-0.1, -0.05) is 11.6 Å². The summed E-state index contributed by atoms with van der Waals surface area (Å²) in [6, 6.07) is 3.69. The highest BCUT2D eigenvalue weighted by molar-refractivity contribution is 7.90. The molecule has 1 rings (SSSR count). The fourth-order valence-corrected chi connectivity index (χ4v) is 2.99. The van der Waals surface area contributed by atoms with Crippen LogP contribution in [0.15, 0.2) is 18.2 Å². The normalized spacial score (nSPS) is 11.7. The van der Waals surface area contributed by atoms with E-state index in [0.717, 1.165) is 6.07 Å². The summed E-state index contributed by atoms with van der Waals surface area (Å²) in [5, 5.41) is 0.262. The molecule has 0 atom stereocenters. The van der Waals surface area contributed by atoms with E-state index in [4.69, 9.17) is 17.3 Å². The van der Waals surface area contributed by atoms with Crippen molar-refractivity contribution in [2.45, 2.75) is 12.2 Å². The molecule has 6 heteroatoms. The van der Waals surface area contributed by atoms with E-state index in [1.807, 2.05) is 0 Å². The minimum atomic E-state index is -3.27. The van der Waals surface area contributed by atoms with Crippen LogP contribution in [0.25, 0.3) is 0 Å². The van der Waals surface area contributed by atoms with Crippen molar-refractivity contribution in [3.8, 4) is 0 Å². The molecule has 1 aromatic carbocycles. The van der Waals surface area contributed by atoms with Gasteiger partial charge in [0.25, 0.3) is 0 Å². The Bertz CT molecular complexity index is 462. The fourth-order valence-electron chi connectivity index (χ4n) is 1.27. The molecule has 0 amide bonds. The number of nitrogens with two attached hydrogens (primary N) is 1. The Balaban J connectivity index is 2.83. The van der Waals surface area contributed by atoms with Gasteiger partial charge in [0.05, 0.1) is 11.5 Å². The molecular formula is C10H13ClFNO2S. The number of halogens is 2. The first-order valence-corrected chi connectivity index (χ1v) is 6.99. The number of hydrogen-bond acceptors (Lipinski definition) is 3. The van der Waals surface area contributed by atoms with Gasteiger partial charge in [0.2, 0.25) is 0 Å². The van der Waals surface area contributed by atoms with Crippen molar-refractivity contribution in [3.05, 3.63) is 34.6 Å². The number of sulfone groups is 1. The molecule has 90 valence electrons. The van der Waals surface area contributed by atoms with Gasteiger partial charge in [0.15, 0.2) is 9.84 Å². The Morgan fingerprint density at radius 1 is 1.38 bits per heavy atom. The van der Waals surface area contributed by atoms with E-state index >= 15 is 0 Å². The van der Waals surface area contributed by atoms with Gasteiger partial charge in [-0.2, -0.15) is 0 Å². The summed E-state index contributed by atoms with van der Waals surface area (Å²) in [5.74, 6) is -0.742. The third-order valence-electron chi connectivity index (χ3n) is 2.04. The van der Waals surface area contributed by atoms with E-state index in [-0.39, 0.29) is 16.5 Å². The van der Waals surface area contributed by atoms with E-state index in [0.29, 0.717) is 18.5 Å². The monoisotopic (exact) mass is 265 g/mol. The molecular weight excluding hydrogens is 253 g/mol. The Hall–Kier alpha value is -0.650. The van der Waals surface area contributed by atoms with Gasteiger partial charge in [0.1, 0.15) is 5.82 Å². The first-order chi connectivity index (χ1) is 7.44. The largest absolute Gasteiger partial charge is 0.330 e. The van der Waals surface area contributed by atoms with E-state index in [2.05, 4.69) is 0 Å². The van der Waals surface area contributed by atoms with Crippen molar-refractivity contribution in [1.82, 2.24) is 0 Å². The van der Waals surface area contributed by atoms with Crippen LogP contribution < -0.4 is 5.73 Å². The molecule has 3 nitrogen and oxygen atoms in total. The predicted octanol–water partition coefficient (Wildman–Crippen LogP) is 1.74. The zero-order chi connectivity index (χ0) is 12.2. The lowest BCUT2D eigenvalue weighted by molar-refractivity contribution is 0.592. The molecule has 2 N–H and O–H groups in total. The number of hydrogen-bond donors (Lipinski definition) is 1. The summed E-state index contributed by atoms with van der Waals surface area (Å²) in [4.78, 5) is 0. The van der Waals surface area contributed by atoms with Gasteiger partial charge in [-0.15, -0.1) is 0 Å². The predicted molar refractivity (Wildman–Crippen MR) is 62.6 cm³/mol. The summed E-state index contributed by atoms with van der Waals surface area (Å²) < 4.78 is 36.1. The maximum absolute atomic E-state index is 12.9. The summed E-state index contributed by atoms with van der Waals surface area (Å²) in [7, 11) is -3.27. The van der Waals surface area contributed by atoms with Crippen LogP contribution in [0.3, 0.4) is 0 Å². The van der Waals surface area contributed by atoms with Crippen LogP contribution in [0, 0.1) is 5.82 Å². The summed E-state index contributed by atoms with van der Waals surface area (Å²) in [6.45, 7) is 0.316. The van der Waals surface area contributed by atoms with Crippen LogP contribution in [0.2, 0.25) is 5.02 Å². The molecule has 16 heavy (non-hydrogen) atoms. The van der Waals surface area contributed by atoms with E-state index in [1.165, 1.54) is 12.1 Å². The second-order valence-electron chi connectivity index (χ2n) is 3.47. The van der Waals surface area contributed by atoms with Crippen LogP contribution in [0.1, 0.15) is 12.0 Å². The highest BCUT2D eigenvalue weighted by Crippen LogP contribution is 2.19. The second-order valence-corrected chi connectivity index (χ2v) is 6.06. The Morgan fingerprint density at radius 2 is 2.06 bits per heavy atom. The summed E-state index contributed by atoms with van der Waals surface area (Å²) in [6.07, 6.45) is 0.398. The molecule has 0 unspecified atom stereocenters. The van der Waals surface area contributed by atoms with Gasteiger partial charge in [0, 0.05) is 5.02 Å². The first-order valence-electron chi connectivity index (χ1n) is 4.79. The first kappa shape index (κ1) is 13.4. The zero-order valence-electron chi connectivity index (χ0n) is 8.62. The van der Waals surface area contributed by atoms with Gasteiger partial charge in [-0.25, -0.2) is 12.8 Å². The fraction of sp³-hybridized carbons (Fsp3) is 0.400. The molecule has 0 aromatic heterocycles. The Kier molecular flexibility index (Phi) is 4.70. The van der Waals surface area contributed by atoms with Crippen molar-refractivity contribution in [1.29, 1.82) is 0 Å². The van der Waals surface area contributed by atoms with Crippen molar-refractivity contribution >= 4 is 21.4 Å². The third kappa shape index (κ3) is 4.08. The number of benzene rings is 1. The van der Waals surface area contributed by atoms with Gasteiger partial charge in [-0.05, 0) is 36.7 Å². The number of rotatable bonds is 5.